The predicted molar refractivity (Wildman–Crippen MR) is 126 cm³/mol. The molecule has 0 bridgehead atoms. The van der Waals surface area contributed by atoms with Crippen LogP contribution in [0.1, 0.15) is 44.2 Å². The Bertz CT molecular complexity index is 851. The fourth-order valence-corrected chi connectivity index (χ4v) is 3.82. The van der Waals surface area contributed by atoms with Gasteiger partial charge in [-0.2, -0.15) is 0 Å². The molecule has 31 heavy (non-hydrogen) atoms. The number of carbonyl (C=O) groups excluding carboxylic acids is 2. The summed E-state index contributed by atoms with van der Waals surface area (Å²) in [6.45, 7) is 4.70. The molecule has 0 aliphatic carbocycles. The second kappa shape index (κ2) is 12.6. The summed E-state index contributed by atoms with van der Waals surface area (Å²) in [7, 11) is 1.60. The number of rotatable bonds is 11. The second-order valence-electron chi connectivity index (χ2n) is 7.32. The number of nitrogens with zero attached hydrogens (tertiary/aromatic N) is 1. The molecule has 0 saturated carbocycles. The highest BCUT2D eigenvalue weighted by Crippen LogP contribution is 2.27. The van der Waals surface area contributed by atoms with E-state index < -0.39 is 6.04 Å². The highest BCUT2D eigenvalue weighted by molar-refractivity contribution is 6.36. The molecule has 2 aromatic rings. The van der Waals surface area contributed by atoms with Crippen LogP contribution in [0.15, 0.2) is 42.5 Å². The van der Waals surface area contributed by atoms with E-state index in [-0.39, 0.29) is 24.8 Å². The van der Waals surface area contributed by atoms with Crippen LogP contribution in [0.3, 0.4) is 0 Å². The molecule has 0 heterocycles. The topological polar surface area (TPSA) is 58.6 Å². The van der Waals surface area contributed by atoms with Gasteiger partial charge in [-0.15, -0.1) is 0 Å². The first-order chi connectivity index (χ1) is 14.9. The van der Waals surface area contributed by atoms with Gasteiger partial charge in [-0.3, -0.25) is 9.59 Å². The lowest BCUT2D eigenvalue weighted by molar-refractivity contribution is -0.140. The molecule has 168 valence electrons. The molecule has 0 aliphatic rings. The number of nitrogens with one attached hydrogen (secondary N) is 1. The van der Waals surface area contributed by atoms with E-state index in [4.69, 9.17) is 27.9 Å². The Morgan fingerprint density at radius 3 is 2.26 bits per heavy atom. The van der Waals surface area contributed by atoms with Crippen molar-refractivity contribution in [2.24, 2.45) is 0 Å². The summed E-state index contributed by atoms with van der Waals surface area (Å²) in [5.74, 6) is 0.387. The first-order valence-electron chi connectivity index (χ1n) is 10.5. The highest BCUT2D eigenvalue weighted by atomic mass is 35.5. The third kappa shape index (κ3) is 7.15. The summed E-state index contributed by atoms with van der Waals surface area (Å²) in [5.41, 5.74) is 1.47. The van der Waals surface area contributed by atoms with Crippen LogP contribution in [0.5, 0.6) is 5.75 Å². The molecule has 2 amide bonds. The van der Waals surface area contributed by atoms with Crippen LogP contribution in [0.25, 0.3) is 0 Å². The van der Waals surface area contributed by atoms with Crippen LogP contribution in [0, 0.1) is 0 Å². The lowest BCUT2D eigenvalue weighted by atomic mass is 10.1. The number of ether oxygens (including phenoxy) is 1. The summed E-state index contributed by atoms with van der Waals surface area (Å²) in [4.78, 5) is 27.8. The fourth-order valence-electron chi connectivity index (χ4n) is 3.30. The molecule has 0 aliphatic heterocycles. The van der Waals surface area contributed by atoms with Crippen LogP contribution < -0.4 is 10.1 Å². The largest absolute Gasteiger partial charge is 0.497 e. The number of halogens is 2. The van der Waals surface area contributed by atoms with Crippen molar-refractivity contribution in [2.45, 2.75) is 52.1 Å². The molecule has 2 aromatic carbocycles. The van der Waals surface area contributed by atoms with E-state index in [0.29, 0.717) is 28.6 Å². The Morgan fingerprint density at radius 1 is 1.06 bits per heavy atom. The average molecular weight is 465 g/mol. The average Bonchev–Trinajstić information content (AvgIpc) is 2.76. The smallest absolute Gasteiger partial charge is 0.242 e. The SMILES string of the molecule is CCCCNC(=O)C(CC)N(Cc1c(Cl)cccc1Cl)C(=O)Cc1ccc(OC)cc1. The lowest BCUT2D eigenvalue weighted by Gasteiger charge is -2.31. The normalized spacial score (nSPS) is 11.6. The summed E-state index contributed by atoms with van der Waals surface area (Å²) in [6, 6.07) is 11.9. The lowest BCUT2D eigenvalue weighted by Crippen LogP contribution is -2.49. The molecular formula is C24H30Cl2N2O3. The molecule has 1 atom stereocenters. The summed E-state index contributed by atoms with van der Waals surface area (Å²) in [6.07, 6.45) is 2.50. The molecule has 1 N–H and O–H groups in total. The number of unbranched alkanes of at least 4 members (excludes halogenated alkanes) is 1. The first-order valence-corrected chi connectivity index (χ1v) is 11.3. The van der Waals surface area contributed by atoms with Crippen molar-refractivity contribution in [3.8, 4) is 5.75 Å². The molecule has 0 fully saturated rings. The zero-order valence-electron chi connectivity index (χ0n) is 18.3. The van der Waals surface area contributed by atoms with E-state index in [1.807, 2.05) is 31.2 Å². The Kier molecular flexibility index (Phi) is 10.2. The Hall–Kier alpha value is -2.24. The van der Waals surface area contributed by atoms with Gasteiger partial charge in [0.05, 0.1) is 13.5 Å². The minimum absolute atomic E-state index is 0.158. The van der Waals surface area contributed by atoms with Crippen LogP contribution >= 0.6 is 23.2 Å². The van der Waals surface area contributed by atoms with Crippen LogP contribution in [-0.4, -0.2) is 36.4 Å². The Morgan fingerprint density at radius 2 is 1.71 bits per heavy atom. The minimum atomic E-state index is -0.616. The Labute approximate surface area is 194 Å². The van der Waals surface area contributed by atoms with E-state index in [2.05, 4.69) is 12.2 Å². The van der Waals surface area contributed by atoms with Crippen molar-refractivity contribution in [2.75, 3.05) is 13.7 Å². The van der Waals surface area contributed by atoms with E-state index >= 15 is 0 Å². The molecule has 2 rings (SSSR count). The van der Waals surface area contributed by atoms with Crippen molar-refractivity contribution >= 4 is 35.0 Å². The monoisotopic (exact) mass is 464 g/mol. The maximum Gasteiger partial charge on any atom is 0.242 e. The quantitative estimate of drug-likeness (QED) is 0.460. The summed E-state index contributed by atoms with van der Waals surface area (Å²) < 4.78 is 5.18. The summed E-state index contributed by atoms with van der Waals surface area (Å²) >= 11 is 12.7. The van der Waals surface area contributed by atoms with Gasteiger partial charge >= 0.3 is 0 Å². The first kappa shape index (κ1) is 25.0. The van der Waals surface area contributed by atoms with Crippen molar-refractivity contribution < 1.29 is 14.3 Å². The van der Waals surface area contributed by atoms with Crippen LogP contribution in [0.2, 0.25) is 10.0 Å². The number of methoxy groups -OCH3 is 1. The van der Waals surface area contributed by atoms with Gasteiger partial charge in [0.2, 0.25) is 11.8 Å². The van der Waals surface area contributed by atoms with E-state index in [0.717, 1.165) is 24.2 Å². The van der Waals surface area contributed by atoms with Gasteiger partial charge in [-0.1, -0.05) is 61.7 Å². The molecular weight excluding hydrogens is 435 g/mol. The van der Waals surface area contributed by atoms with Gasteiger partial charge in [0.25, 0.3) is 0 Å². The molecule has 0 spiro atoms. The van der Waals surface area contributed by atoms with E-state index in [1.54, 1.807) is 30.2 Å². The van der Waals surface area contributed by atoms with E-state index in [9.17, 15) is 9.59 Å². The van der Waals surface area contributed by atoms with Gasteiger partial charge in [0.15, 0.2) is 0 Å². The van der Waals surface area contributed by atoms with Gasteiger partial charge in [0, 0.05) is 28.7 Å². The zero-order valence-corrected chi connectivity index (χ0v) is 19.8. The fraction of sp³-hybridized carbons (Fsp3) is 0.417. The number of hydrogen-bond acceptors (Lipinski definition) is 3. The molecule has 0 saturated heterocycles. The molecule has 5 nitrogen and oxygen atoms in total. The number of amides is 2. The maximum absolute atomic E-state index is 13.4. The van der Waals surface area contributed by atoms with Gasteiger partial charge in [-0.25, -0.2) is 0 Å². The van der Waals surface area contributed by atoms with E-state index in [1.165, 1.54) is 0 Å². The third-order valence-corrected chi connectivity index (χ3v) is 5.83. The molecule has 1 unspecified atom stereocenters. The van der Waals surface area contributed by atoms with Gasteiger partial charge in [-0.05, 0) is 42.7 Å². The van der Waals surface area contributed by atoms with Gasteiger partial charge in [0.1, 0.15) is 11.8 Å². The van der Waals surface area contributed by atoms with Gasteiger partial charge < -0.3 is 15.0 Å². The third-order valence-electron chi connectivity index (χ3n) is 5.12. The summed E-state index contributed by atoms with van der Waals surface area (Å²) in [5, 5.41) is 3.89. The number of benzene rings is 2. The van der Waals surface area contributed by atoms with Crippen LogP contribution in [0.4, 0.5) is 0 Å². The highest BCUT2D eigenvalue weighted by Gasteiger charge is 2.29. The second-order valence-corrected chi connectivity index (χ2v) is 8.13. The maximum atomic E-state index is 13.4. The van der Waals surface area contributed by atoms with Crippen LogP contribution in [-0.2, 0) is 22.6 Å². The Balaban J connectivity index is 2.30. The minimum Gasteiger partial charge on any atom is -0.497 e. The van der Waals surface area contributed by atoms with Crippen molar-refractivity contribution in [1.29, 1.82) is 0 Å². The molecule has 0 radical (unpaired) electrons. The molecule has 7 heteroatoms. The standard InChI is InChI=1S/C24H30Cl2N2O3/c1-4-6-14-27-24(30)22(5-2)28(16-19-20(25)8-7-9-21(19)26)23(29)15-17-10-12-18(31-3)13-11-17/h7-13,22H,4-6,14-16H2,1-3H3,(H,27,30). The molecule has 0 aromatic heterocycles. The van der Waals surface area contributed by atoms with Crippen molar-refractivity contribution in [3.05, 3.63) is 63.6 Å². The predicted octanol–water partition coefficient (Wildman–Crippen LogP) is 5.27. The van der Waals surface area contributed by atoms with Crippen molar-refractivity contribution in [3.63, 3.8) is 0 Å². The number of hydrogen-bond donors (Lipinski definition) is 1. The number of carbonyl (C=O) groups is 2. The zero-order chi connectivity index (χ0) is 22.8. The van der Waals surface area contributed by atoms with Crippen molar-refractivity contribution in [1.82, 2.24) is 10.2 Å².